The van der Waals surface area contributed by atoms with Gasteiger partial charge in [-0.2, -0.15) is 0 Å². The van der Waals surface area contributed by atoms with Crippen LogP contribution in [-0.2, 0) is 19.4 Å². The van der Waals surface area contributed by atoms with E-state index in [9.17, 15) is 18.0 Å². The molecule has 2 aromatic heterocycles. The van der Waals surface area contributed by atoms with Crippen LogP contribution in [0.4, 0.5) is 5.69 Å². The van der Waals surface area contributed by atoms with Crippen molar-refractivity contribution < 1.29 is 18.0 Å². The number of pyridine rings is 1. The van der Waals surface area contributed by atoms with Crippen LogP contribution in [0.1, 0.15) is 12.1 Å². The highest BCUT2D eigenvalue weighted by atomic mass is 35.5. The Morgan fingerprint density at radius 1 is 1.19 bits per heavy atom. The Hall–Kier alpha value is -2.91. The average Bonchev–Trinajstić information content (AvgIpc) is 3.08. The largest absolute Gasteiger partial charge is 0.332 e. The van der Waals surface area contributed by atoms with E-state index in [0.29, 0.717) is 23.8 Å². The topological polar surface area (TPSA) is 92.1 Å². The first-order valence-corrected chi connectivity index (χ1v) is 12.6. The number of carbonyl (C=O) groups excluding carboxylic acids is 2. The van der Waals surface area contributed by atoms with Crippen molar-refractivity contribution in [3.8, 4) is 11.3 Å². The van der Waals surface area contributed by atoms with E-state index < -0.39 is 9.84 Å². The van der Waals surface area contributed by atoms with E-state index in [4.69, 9.17) is 16.6 Å². The second-order valence-corrected chi connectivity index (χ2v) is 10.5. The summed E-state index contributed by atoms with van der Waals surface area (Å²) in [6.07, 6.45) is 2.90. The van der Waals surface area contributed by atoms with Crippen LogP contribution >= 0.6 is 11.6 Å². The molecule has 4 rings (SSSR count). The van der Waals surface area contributed by atoms with Crippen LogP contribution in [0.15, 0.2) is 42.6 Å². The van der Waals surface area contributed by atoms with Gasteiger partial charge >= 0.3 is 0 Å². The van der Waals surface area contributed by atoms with Gasteiger partial charge in [0.05, 0.1) is 16.5 Å². The van der Waals surface area contributed by atoms with Crippen molar-refractivity contribution in [1.29, 1.82) is 0 Å². The summed E-state index contributed by atoms with van der Waals surface area (Å²) in [4.78, 5) is 32.8. The van der Waals surface area contributed by atoms with Crippen LogP contribution in [0.25, 0.3) is 16.9 Å². The lowest BCUT2D eigenvalue weighted by molar-refractivity contribution is -0.136. The summed E-state index contributed by atoms with van der Waals surface area (Å²) < 4.78 is 24.6. The summed E-state index contributed by atoms with van der Waals surface area (Å²) in [7, 11) is -3.24. The van der Waals surface area contributed by atoms with E-state index in [0.717, 1.165) is 28.9 Å². The van der Waals surface area contributed by atoms with Crippen LogP contribution in [0.5, 0.6) is 0 Å². The first kappa shape index (κ1) is 22.3. The number of hydrogen-bond donors (Lipinski definition) is 0. The van der Waals surface area contributed by atoms with Crippen molar-refractivity contribution in [3.63, 3.8) is 0 Å². The number of hydrogen-bond acceptors (Lipinski definition) is 5. The zero-order chi connectivity index (χ0) is 23.0. The van der Waals surface area contributed by atoms with Gasteiger partial charge in [0.2, 0.25) is 11.8 Å². The summed E-state index contributed by atoms with van der Waals surface area (Å²) in [5.74, 6) is -0.788. The number of carbonyl (C=O) groups is 2. The Bertz CT molecular complexity index is 1320. The van der Waals surface area contributed by atoms with Crippen LogP contribution < -0.4 is 4.90 Å². The highest BCUT2D eigenvalue weighted by Gasteiger charge is 2.29. The van der Waals surface area contributed by atoms with Gasteiger partial charge in [0.1, 0.15) is 22.0 Å². The molecule has 0 atom stereocenters. The van der Waals surface area contributed by atoms with Crippen LogP contribution in [0.2, 0.25) is 5.02 Å². The number of sulfone groups is 1. The molecule has 10 heteroatoms. The van der Waals surface area contributed by atoms with Crippen molar-refractivity contribution in [3.05, 3.63) is 53.3 Å². The zero-order valence-corrected chi connectivity index (χ0v) is 19.4. The maximum Gasteiger partial charge on any atom is 0.246 e. The predicted molar refractivity (Wildman–Crippen MR) is 124 cm³/mol. The number of imidazole rings is 1. The van der Waals surface area contributed by atoms with E-state index in [1.807, 2.05) is 41.8 Å². The molecule has 2 amide bonds. The van der Waals surface area contributed by atoms with Crippen molar-refractivity contribution in [2.45, 2.75) is 13.3 Å². The maximum absolute atomic E-state index is 12.8. The summed E-state index contributed by atoms with van der Waals surface area (Å²) in [6, 6.07) is 11.1. The van der Waals surface area contributed by atoms with E-state index in [-0.39, 0.29) is 30.5 Å². The van der Waals surface area contributed by atoms with Gasteiger partial charge in [-0.05, 0) is 37.3 Å². The van der Waals surface area contributed by atoms with Crippen molar-refractivity contribution >= 4 is 44.6 Å². The molecule has 1 aliphatic rings. The fraction of sp³-hybridized carbons (Fsp3) is 0.318. The Labute approximate surface area is 191 Å². The third-order valence-electron chi connectivity index (χ3n) is 5.55. The molecule has 8 nitrogen and oxygen atoms in total. The standard InChI is InChI=1S/C22H23ClN4O4S/c1-15-22(24-19-5-3-4-9-26(15)19)17-13-16(6-7-18(17)23)27-11-10-25(14-21(27)29)20(28)8-12-32(2,30)31/h3-7,9,13H,8,10-12,14H2,1-2H3. The Morgan fingerprint density at radius 2 is 1.97 bits per heavy atom. The van der Waals surface area contributed by atoms with E-state index in [1.54, 1.807) is 17.0 Å². The summed E-state index contributed by atoms with van der Waals surface area (Å²) >= 11 is 6.49. The van der Waals surface area contributed by atoms with Crippen molar-refractivity contribution in [2.24, 2.45) is 0 Å². The number of amides is 2. The molecule has 0 radical (unpaired) electrons. The summed E-state index contributed by atoms with van der Waals surface area (Å²) in [5.41, 5.74) is 3.88. The van der Waals surface area contributed by atoms with E-state index in [1.165, 1.54) is 4.90 Å². The second-order valence-electron chi connectivity index (χ2n) is 7.88. The first-order chi connectivity index (χ1) is 15.1. The van der Waals surface area contributed by atoms with Gasteiger partial charge in [-0.25, -0.2) is 13.4 Å². The number of fused-ring (bicyclic) bond motifs is 1. The number of nitrogens with zero attached hydrogens (tertiary/aromatic N) is 4. The Morgan fingerprint density at radius 3 is 2.66 bits per heavy atom. The fourth-order valence-corrected chi connectivity index (χ4v) is 4.58. The fourth-order valence-electron chi connectivity index (χ4n) is 3.83. The van der Waals surface area contributed by atoms with Gasteiger partial charge in [0, 0.05) is 48.9 Å². The van der Waals surface area contributed by atoms with E-state index in [2.05, 4.69) is 0 Å². The second kappa shape index (κ2) is 8.55. The lowest BCUT2D eigenvalue weighted by Gasteiger charge is -2.34. The quantitative estimate of drug-likeness (QED) is 0.566. The average molecular weight is 475 g/mol. The van der Waals surface area contributed by atoms with Crippen LogP contribution in [0, 0.1) is 6.92 Å². The predicted octanol–water partition coefficient (Wildman–Crippen LogP) is 2.57. The maximum atomic E-state index is 12.8. The number of aromatic nitrogens is 2. The number of rotatable bonds is 5. The molecule has 0 saturated carbocycles. The Kier molecular flexibility index (Phi) is 5.96. The van der Waals surface area contributed by atoms with Gasteiger partial charge < -0.3 is 14.2 Å². The third kappa shape index (κ3) is 4.49. The normalized spacial score (nSPS) is 14.9. The van der Waals surface area contributed by atoms with Gasteiger partial charge in [0.15, 0.2) is 0 Å². The smallest absolute Gasteiger partial charge is 0.246 e. The van der Waals surface area contributed by atoms with Crippen molar-refractivity contribution in [1.82, 2.24) is 14.3 Å². The number of anilines is 1. The van der Waals surface area contributed by atoms with Crippen molar-refractivity contribution in [2.75, 3.05) is 36.5 Å². The molecule has 1 fully saturated rings. The molecule has 0 unspecified atom stereocenters. The SMILES string of the molecule is Cc1c(-c2cc(N3CCN(C(=O)CCS(C)(=O)=O)CC3=O)ccc2Cl)nc2ccccn12. The molecule has 0 spiro atoms. The van der Waals surface area contributed by atoms with Crippen LogP contribution in [0.3, 0.4) is 0 Å². The monoisotopic (exact) mass is 474 g/mol. The summed E-state index contributed by atoms with van der Waals surface area (Å²) in [5, 5.41) is 0.530. The molecule has 3 heterocycles. The minimum Gasteiger partial charge on any atom is -0.332 e. The van der Waals surface area contributed by atoms with Crippen LogP contribution in [-0.4, -0.2) is 66.2 Å². The minimum atomic E-state index is -3.24. The molecule has 1 aromatic carbocycles. The molecular weight excluding hydrogens is 452 g/mol. The number of halogens is 1. The number of benzene rings is 1. The van der Waals surface area contributed by atoms with E-state index >= 15 is 0 Å². The summed E-state index contributed by atoms with van der Waals surface area (Å²) in [6.45, 7) is 2.52. The highest BCUT2D eigenvalue weighted by Crippen LogP contribution is 2.34. The number of piperazine rings is 1. The highest BCUT2D eigenvalue weighted by molar-refractivity contribution is 7.90. The lowest BCUT2D eigenvalue weighted by Crippen LogP contribution is -2.52. The zero-order valence-electron chi connectivity index (χ0n) is 17.8. The molecule has 3 aromatic rings. The number of aryl methyl sites for hydroxylation is 1. The van der Waals surface area contributed by atoms with Gasteiger partial charge in [-0.3, -0.25) is 9.59 Å². The van der Waals surface area contributed by atoms with Gasteiger partial charge in [-0.1, -0.05) is 17.7 Å². The minimum absolute atomic E-state index is 0.0893. The first-order valence-electron chi connectivity index (χ1n) is 10.1. The molecular formula is C22H23ClN4O4S. The van der Waals surface area contributed by atoms with Gasteiger partial charge in [-0.15, -0.1) is 0 Å². The molecule has 32 heavy (non-hydrogen) atoms. The Balaban J connectivity index is 1.56. The lowest BCUT2D eigenvalue weighted by atomic mass is 10.1. The molecule has 1 saturated heterocycles. The van der Waals surface area contributed by atoms with Gasteiger partial charge in [0.25, 0.3) is 0 Å². The molecule has 0 bridgehead atoms. The molecule has 0 N–H and O–H groups in total. The molecule has 0 aliphatic carbocycles. The third-order valence-corrected chi connectivity index (χ3v) is 6.82. The molecule has 1 aliphatic heterocycles. The molecule has 168 valence electrons.